The highest BCUT2D eigenvalue weighted by Crippen LogP contribution is 2.46. The second-order valence-electron chi connectivity index (χ2n) is 10.9. The summed E-state index contributed by atoms with van der Waals surface area (Å²) >= 11 is 0. The van der Waals surface area contributed by atoms with Gasteiger partial charge in [-0.2, -0.15) is 0 Å². The van der Waals surface area contributed by atoms with E-state index in [1.54, 1.807) is 0 Å². The van der Waals surface area contributed by atoms with Crippen LogP contribution in [0.1, 0.15) is 65.0 Å². The zero-order chi connectivity index (χ0) is 23.1. The van der Waals surface area contributed by atoms with E-state index in [1.807, 2.05) is 18.2 Å². The van der Waals surface area contributed by atoms with Crippen molar-refractivity contribution in [2.75, 3.05) is 19.6 Å². The molecule has 32 heavy (non-hydrogen) atoms. The van der Waals surface area contributed by atoms with E-state index in [1.165, 1.54) is 5.56 Å². The van der Waals surface area contributed by atoms with Crippen LogP contribution in [-0.4, -0.2) is 58.9 Å². The molecule has 0 bridgehead atoms. The lowest BCUT2D eigenvalue weighted by atomic mass is 9.64. The molecule has 2 heterocycles. The minimum atomic E-state index is -0.867. The van der Waals surface area contributed by atoms with E-state index in [0.29, 0.717) is 18.8 Å². The monoisotopic (exact) mass is 440 g/mol. The Labute approximate surface area is 190 Å². The normalized spacial score (nSPS) is 31.1. The highest BCUT2D eigenvalue weighted by molar-refractivity contribution is 6.09. The molecule has 4 amide bonds. The van der Waals surface area contributed by atoms with E-state index < -0.39 is 11.6 Å². The molecule has 7 nitrogen and oxygen atoms in total. The third-order valence-electron chi connectivity index (χ3n) is 7.34. The summed E-state index contributed by atoms with van der Waals surface area (Å²) in [6.07, 6.45) is 3.13. The van der Waals surface area contributed by atoms with Crippen LogP contribution in [0.15, 0.2) is 30.3 Å². The van der Waals surface area contributed by atoms with Crippen molar-refractivity contribution in [1.29, 1.82) is 0 Å². The Hall–Kier alpha value is -2.41. The summed E-state index contributed by atoms with van der Waals surface area (Å²) in [5.74, 6) is -0.177. The van der Waals surface area contributed by atoms with Gasteiger partial charge in [0.15, 0.2) is 0 Å². The zero-order valence-corrected chi connectivity index (χ0v) is 19.7. The standard InChI is InChI=1S/C25H36N4O3/c1-17-12-24(3,4)16-25(13-17)22(31)29(23(32)27-25)15-21(30)26-20-10-11-28(14-20)18(2)19-8-6-5-7-9-19/h5-9,17-18,20H,10-16H2,1-4H3,(H,26,30)(H,27,32)/t17-,18+,20-,25+/m1/s1. The summed E-state index contributed by atoms with van der Waals surface area (Å²) in [6.45, 7) is 10.0. The first-order chi connectivity index (χ1) is 15.1. The van der Waals surface area contributed by atoms with Gasteiger partial charge in [-0.1, -0.05) is 51.1 Å². The van der Waals surface area contributed by atoms with Gasteiger partial charge in [0.05, 0.1) is 0 Å². The molecular formula is C25H36N4O3. The van der Waals surface area contributed by atoms with E-state index in [9.17, 15) is 14.4 Å². The Morgan fingerprint density at radius 1 is 1.22 bits per heavy atom. The van der Waals surface area contributed by atoms with Gasteiger partial charge in [0.25, 0.3) is 5.91 Å². The van der Waals surface area contributed by atoms with Gasteiger partial charge in [0, 0.05) is 25.2 Å². The number of hydrogen-bond acceptors (Lipinski definition) is 4. The Morgan fingerprint density at radius 3 is 2.62 bits per heavy atom. The van der Waals surface area contributed by atoms with Gasteiger partial charge in [-0.25, -0.2) is 4.79 Å². The van der Waals surface area contributed by atoms with Gasteiger partial charge >= 0.3 is 6.03 Å². The van der Waals surface area contributed by atoms with E-state index in [4.69, 9.17) is 0 Å². The quantitative estimate of drug-likeness (QED) is 0.690. The van der Waals surface area contributed by atoms with Crippen molar-refractivity contribution in [3.8, 4) is 0 Å². The van der Waals surface area contributed by atoms with Crippen molar-refractivity contribution in [3.05, 3.63) is 35.9 Å². The van der Waals surface area contributed by atoms with Crippen LogP contribution < -0.4 is 10.6 Å². The summed E-state index contributed by atoms with van der Waals surface area (Å²) in [7, 11) is 0. The van der Waals surface area contributed by atoms with Crippen molar-refractivity contribution in [2.45, 2.75) is 71.0 Å². The maximum atomic E-state index is 13.3. The molecule has 1 spiro atoms. The second kappa shape index (κ2) is 8.50. The number of carbonyl (C=O) groups is 3. The van der Waals surface area contributed by atoms with E-state index in [2.05, 4.69) is 55.4 Å². The summed E-state index contributed by atoms with van der Waals surface area (Å²) in [5.41, 5.74) is 0.365. The maximum Gasteiger partial charge on any atom is 0.325 e. The molecular weight excluding hydrogens is 404 g/mol. The fourth-order valence-corrected chi connectivity index (χ4v) is 6.27. The molecule has 4 atom stereocenters. The van der Waals surface area contributed by atoms with Crippen molar-refractivity contribution < 1.29 is 14.4 Å². The number of urea groups is 1. The Bertz CT molecular complexity index is 886. The second-order valence-corrected chi connectivity index (χ2v) is 10.9. The van der Waals surface area contributed by atoms with Gasteiger partial charge in [-0.05, 0) is 49.5 Å². The number of likely N-dealkylation sites (tertiary alicyclic amines) is 1. The SMILES string of the molecule is C[C@@H]1CC(C)(C)C[C@]2(C1)NC(=O)N(CC(=O)N[C@@H]1CCN([C@@H](C)c3ccccc3)C1)C2=O. The highest BCUT2D eigenvalue weighted by Gasteiger charge is 2.56. The van der Waals surface area contributed by atoms with Crippen molar-refractivity contribution in [3.63, 3.8) is 0 Å². The number of amides is 4. The fraction of sp³-hybridized carbons (Fsp3) is 0.640. The third-order valence-corrected chi connectivity index (χ3v) is 7.34. The predicted molar refractivity (Wildman–Crippen MR) is 123 cm³/mol. The van der Waals surface area contributed by atoms with Gasteiger partial charge in [0.1, 0.15) is 12.1 Å². The number of hydrogen-bond donors (Lipinski definition) is 2. The number of carbonyl (C=O) groups excluding carboxylic acids is 3. The first-order valence-corrected chi connectivity index (χ1v) is 11.8. The van der Waals surface area contributed by atoms with Crippen LogP contribution in [0, 0.1) is 11.3 Å². The topological polar surface area (TPSA) is 81.8 Å². The number of imide groups is 1. The van der Waals surface area contributed by atoms with Gasteiger partial charge < -0.3 is 10.6 Å². The lowest BCUT2D eigenvalue weighted by Crippen LogP contribution is -2.54. The van der Waals surface area contributed by atoms with E-state index in [0.717, 1.165) is 30.8 Å². The Balaban J connectivity index is 1.34. The first kappa shape index (κ1) is 22.8. The van der Waals surface area contributed by atoms with Gasteiger partial charge in [-0.15, -0.1) is 0 Å². The molecule has 0 unspecified atom stereocenters. The van der Waals surface area contributed by atoms with Crippen LogP contribution in [0.4, 0.5) is 4.79 Å². The van der Waals surface area contributed by atoms with Crippen molar-refractivity contribution in [1.82, 2.24) is 20.4 Å². The molecule has 4 rings (SSSR count). The molecule has 3 fully saturated rings. The summed E-state index contributed by atoms with van der Waals surface area (Å²) in [6, 6.07) is 10.2. The third kappa shape index (κ3) is 4.53. The summed E-state index contributed by atoms with van der Waals surface area (Å²) < 4.78 is 0. The number of nitrogens with zero attached hydrogens (tertiary/aromatic N) is 2. The average Bonchev–Trinajstić information content (AvgIpc) is 3.25. The molecule has 2 saturated heterocycles. The van der Waals surface area contributed by atoms with Crippen LogP contribution in [-0.2, 0) is 9.59 Å². The molecule has 1 aliphatic carbocycles. The lowest BCUT2D eigenvalue weighted by molar-refractivity contribution is -0.137. The molecule has 174 valence electrons. The van der Waals surface area contributed by atoms with Gasteiger partial charge in [0.2, 0.25) is 5.91 Å². The minimum Gasteiger partial charge on any atom is -0.350 e. The summed E-state index contributed by atoms with van der Waals surface area (Å²) in [4.78, 5) is 42.1. The molecule has 2 N–H and O–H groups in total. The largest absolute Gasteiger partial charge is 0.350 e. The molecule has 1 saturated carbocycles. The van der Waals surface area contributed by atoms with Crippen LogP contribution in [0.25, 0.3) is 0 Å². The van der Waals surface area contributed by atoms with E-state index >= 15 is 0 Å². The molecule has 0 radical (unpaired) electrons. The first-order valence-electron chi connectivity index (χ1n) is 11.8. The van der Waals surface area contributed by atoms with Crippen LogP contribution in [0.3, 0.4) is 0 Å². The predicted octanol–water partition coefficient (Wildman–Crippen LogP) is 3.07. The Morgan fingerprint density at radius 2 is 1.94 bits per heavy atom. The Kier molecular flexibility index (Phi) is 6.05. The molecule has 1 aromatic carbocycles. The smallest absolute Gasteiger partial charge is 0.325 e. The van der Waals surface area contributed by atoms with Gasteiger partial charge in [-0.3, -0.25) is 19.4 Å². The summed E-state index contributed by atoms with van der Waals surface area (Å²) in [5, 5.41) is 5.99. The number of benzene rings is 1. The van der Waals surface area contributed by atoms with Crippen LogP contribution >= 0.6 is 0 Å². The lowest BCUT2D eigenvalue weighted by Gasteiger charge is -2.43. The minimum absolute atomic E-state index is 0.0250. The highest BCUT2D eigenvalue weighted by atomic mass is 16.2. The van der Waals surface area contributed by atoms with Crippen LogP contribution in [0.2, 0.25) is 0 Å². The molecule has 1 aromatic rings. The zero-order valence-electron chi connectivity index (χ0n) is 19.7. The van der Waals surface area contributed by atoms with E-state index in [-0.39, 0.29) is 35.9 Å². The molecule has 7 heteroatoms. The van der Waals surface area contributed by atoms with Crippen molar-refractivity contribution in [2.24, 2.45) is 11.3 Å². The maximum absolute atomic E-state index is 13.3. The molecule has 2 aliphatic heterocycles. The van der Waals surface area contributed by atoms with Crippen LogP contribution in [0.5, 0.6) is 0 Å². The average molecular weight is 441 g/mol. The molecule has 0 aromatic heterocycles. The fourth-order valence-electron chi connectivity index (χ4n) is 6.27. The number of rotatable bonds is 5. The molecule has 3 aliphatic rings. The number of nitrogens with one attached hydrogen (secondary N) is 2. The van der Waals surface area contributed by atoms with Crippen molar-refractivity contribution >= 4 is 17.8 Å².